The number of benzene rings is 1. The van der Waals surface area contributed by atoms with Gasteiger partial charge in [0.2, 0.25) is 5.91 Å². The van der Waals surface area contributed by atoms with Gasteiger partial charge in [0.1, 0.15) is 0 Å². The second-order valence-corrected chi connectivity index (χ2v) is 5.31. The number of hydrogen-bond acceptors (Lipinski definition) is 3. The first-order valence-corrected chi connectivity index (χ1v) is 6.94. The molecule has 1 amide bonds. The van der Waals surface area contributed by atoms with Gasteiger partial charge in [0.05, 0.1) is 5.69 Å². The molecule has 0 spiro atoms. The second kappa shape index (κ2) is 8.12. The van der Waals surface area contributed by atoms with Gasteiger partial charge in [-0.1, -0.05) is 37.7 Å². The number of amides is 1. The highest BCUT2D eigenvalue weighted by atomic mass is 32.2. The Kier molecular flexibility index (Phi) is 6.80. The molecule has 1 rings (SSSR count). The van der Waals surface area contributed by atoms with E-state index in [9.17, 15) is 13.6 Å². The first kappa shape index (κ1) is 15.9. The van der Waals surface area contributed by atoms with E-state index < -0.39 is 5.76 Å². The first-order valence-electron chi connectivity index (χ1n) is 6.06. The van der Waals surface area contributed by atoms with E-state index in [1.165, 1.54) is 0 Å². The predicted molar refractivity (Wildman–Crippen MR) is 74.7 cm³/mol. The topological polar surface area (TPSA) is 41.1 Å². The Morgan fingerprint density at radius 2 is 2.00 bits per heavy atom. The third kappa shape index (κ3) is 6.54. The summed E-state index contributed by atoms with van der Waals surface area (Å²) in [7, 11) is 0. The average Bonchev–Trinajstić information content (AvgIpc) is 2.30. The number of carbonyl (C=O) groups excluding carboxylic acids is 1. The zero-order valence-electron chi connectivity index (χ0n) is 11.0. The lowest BCUT2D eigenvalue weighted by atomic mass is 10.3. The standard InChI is InChI=1S/C13H18F2N2OS/c1-9(2)16-8-7-12(18)17-10-5-3-4-6-11(10)19-13(14)15/h3-6,9,13,16H,7-8H2,1-2H3,(H,17,18). The highest BCUT2D eigenvalue weighted by molar-refractivity contribution is 7.99. The molecule has 0 aliphatic heterocycles. The number of rotatable bonds is 7. The molecule has 0 bridgehead atoms. The zero-order chi connectivity index (χ0) is 14.3. The van der Waals surface area contributed by atoms with E-state index in [4.69, 9.17) is 0 Å². The molecule has 1 aromatic rings. The van der Waals surface area contributed by atoms with Crippen molar-refractivity contribution in [2.45, 2.75) is 37.0 Å². The highest BCUT2D eigenvalue weighted by Gasteiger charge is 2.11. The van der Waals surface area contributed by atoms with E-state index in [-0.39, 0.29) is 5.91 Å². The Bertz CT molecular complexity index is 413. The number of para-hydroxylation sites is 1. The summed E-state index contributed by atoms with van der Waals surface area (Å²) in [6.07, 6.45) is 0.311. The van der Waals surface area contributed by atoms with Crippen molar-refractivity contribution in [3.8, 4) is 0 Å². The number of carbonyl (C=O) groups is 1. The molecule has 6 heteroatoms. The Labute approximate surface area is 116 Å². The number of thioether (sulfide) groups is 1. The normalized spacial score (nSPS) is 11.1. The van der Waals surface area contributed by atoms with Crippen LogP contribution in [0.4, 0.5) is 14.5 Å². The lowest BCUT2D eigenvalue weighted by Crippen LogP contribution is -2.27. The summed E-state index contributed by atoms with van der Waals surface area (Å²) >= 11 is 0.432. The Balaban J connectivity index is 2.53. The van der Waals surface area contributed by atoms with Crippen molar-refractivity contribution in [2.75, 3.05) is 11.9 Å². The van der Waals surface area contributed by atoms with Crippen LogP contribution in [0.3, 0.4) is 0 Å². The first-order chi connectivity index (χ1) is 8.99. The van der Waals surface area contributed by atoms with Gasteiger partial charge in [-0.25, -0.2) is 0 Å². The largest absolute Gasteiger partial charge is 0.325 e. The third-order valence-electron chi connectivity index (χ3n) is 2.28. The summed E-state index contributed by atoms with van der Waals surface area (Å²) in [5.74, 6) is -2.68. The highest BCUT2D eigenvalue weighted by Crippen LogP contribution is 2.31. The van der Waals surface area contributed by atoms with Crippen molar-refractivity contribution in [1.82, 2.24) is 5.32 Å². The van der Waals surface area contributed by atoms with Crippen LogP contribution >= 0.6 is 11.8 Å². The third-order valence-corrected chi connectivity index (χ3v) is 3.07. The van der Waals surface area contributed by atoms with Crippen LogP contribution in [0.1, 0.15) is 20.3 Å². The fourth-order valence-electron chi connectivity index (χ4n) is 1.46. The van der Waals surface area contributed by atoms with Crippen LogP contribution in [-0.2, 0) is 4.79 Å². The van der Waals surface area contributed by atoms with Gasteiger partial charge in [0.25, 0.3) is 5.76 Å². The summed E-state index contributed by atoms with van der Waals surface area (Å²) < 4.78 is 24.7. The molecule has 0 fully saturated rings. The van der Waals surface area contributed by atoms with E-state index in [1.54, 1.807) is 24.3 Å². The van der Waals surface area contributed by atoms with Gasteiger partial charge in [0.15, 0.2) is 0 Å². The maximum atomic E-state index is 12.4. The monoisotopic (exact) mass is 288 g/mol. The Morgan fingerprint density at radius 1 is 1.32 bits per heavy atom. The van der Waals surface area contributed by atoms with E-state index in [2.05, 4.69) is 10.6 Å². The van der Waals surface area contributed by atoms with Gasteiger partial charge in [0, 0.05) is 23.9 Å². The number of anilines is 1. The van der Waals surface area contributed by atoms with Crippen LogP contribution in [0.5, 0.6) is 0 Å². The van der Waals surface area contributed by atoms with Gasteiger partial charge in [-0.15, -0.1) is 0 Å². The van der Waals surface area contributed by atoms with Crippen molar-refractivity contribution >= 4 is 23.4 Å². The van der Waals surface area contributed by atoms with Gasteiger partial charge < -0.3 is 10.6 Å². The summed E-state index contributed by atoms with van der Waals surface area (Å²) in [6, 6.07) is 6.88. The minimum atomic E-state index is -2.50. The number of nitrogens with one attached hydrogen (secondary N) is 2. The molecule has 0 aliphatic rings. The molecule has 19 heavy (non-hydrogen) atoms. The maximum absolute atomic E-state index is 12.4. The average molecular weight is 288 g/mol. The lowest BCUT2D eigenvalue weighted by molar-refractivity contribution is -0.116. The summed E-state index contributed by atoms with van der Waals surface area (Å²) in [4.78, 5) is 12.1. The summed E-state index contributed by atoms with van der Waals surface area (Å²) in [6.45, 7) is 4.55. The van der Waals surface area contributed by atoms with Crippen molar-refractivity contribution in [2.24, 2.45) is 0 Å². The van der Waals surface area contributed by atoms with E-state index in [0.717, 1.165) is 0 Å². The molecule has 1 aromatic carbocycles. The van der Waals surface area contributed by atoms with E-state index in [1.807, 2.05) is 13.8 Å². The number of halogens is 2. The zero-order valence-corrected chi connectivity index (χ0v) is 11.8. The van der Waals surface area contributed by atoms with Crippen molar-refractivity contribution in [3.63, 3.8) is 0 Å². The molecule has 2 N–H and O–H groups in total. The fourth-order valence-corrected chi connectivity index (χ4v) is 2.05. The van der Waals surface area contributed by atoms with Crippen molar-refractivity contribution in [1.29, 1.82) is 0 Å². The predicted octanol–water partition coefficient (Wildman–Crippen LogP) is 3.33. The number of hydrogen-bond donors (Lipinski definition) is 2. The van der Waals surface area contributed by atoms with Gasteiger partial charge in [-0.2, -0.15) is 8.78 Å². The molecule has 0 saturated carbocycles. The minimum absolute atomic E-state index is 0.185. The SMILES string of the molecule is CC(C)NCCC(=O)Nc1ccccc1SC(F)F. The van der Waals surface area contributed by atoms with Crippen LogP contribution in [0.2, 0.25) is 0 Å². The van der Waals surface area contributed by atoms with Crippen LogP contribution in [0.15, 0.2) is 29.2 Å². The molecule has 0 atom stereocenters. The summed E-state index contributed by atoms with van der Waals surface area (Å²) in [5.41, 5.74) is 0.433. The van der Waals surface area contributed by atoms with Crippen molar-refractivity contribution < 1.29 is 13.6 Å². The van der Waals surface area contributed by atoms with Gasteiger partial charge in [-0.3, -0.25) is 4.79 Å². The van der Waals surface area contributed by atoms with Crippen LogP contribution in [0, 0.1) is 0 Å². The molecule has 0 aromatic heterocycles. The Hall–Kier alpha value is -1.14. The van der Waals surface area contributed by atoms with Crippen molar-refractivity contribution in [3.05, 3.63) is 24.3 Å². The van der Waals surface area contributed by atoms with Crippen LogP contribution in [0.25, 0.3) is 0 Å². The number of alkyl halides is 2. The summed E-state index contributed by atoms with van der Waals surface area (Å²) in [5, 5.41) is 5.78. The molecular formula is C13H18F2N2OS. The van der Waals surface area contributed by atoms with Crippen LogP contribution < -0.4 is 10.6 Å². The minimum Gasteiger partial charge on any atom is -0.325 e. The van der Waals surface area contributed by atoms with Crippen LogP contribution in [-0.4, -0.2) is 24.3 Å². The molecule has 0 saturated heterocycles. The smallest absolute Gasteiger partial charge is 0.288 e. The molecule has 0 heterocycles. The van der Waals surface area contributed by atoms with Gasteiger partial charge in [-0.05, 0) is 12.1 Å². The molecular weight excluding hydrogens is 270 g/mol. The maximum Gasteiger partial charge on any atom is 0.288 e. The molecule has 0 unspecified atom stereocenters. The second-order valence-electron chi connectivity index (χ2n) is 4.28. The fraction of sp³-hybridized carbons (Fsp3) is 0.462. The Morgan fingerprint density at radius 3 is 2.63 bits per heavy atom. The molecule has 0 radical (unpaired) electrons. The van der Waals surface area contributed by atoms with E-state index >= 15 is 0 Å². The van der Waals surface area contributed by atoms with Gasteiger partial charge >= 0.3 is 0 Å². The molecule has 106 valence electrons. The quantitative estimate of drug-likeness (QED) is 0.756. The lowest BCUT2D eigenvalue weighted by Gasteiger charge is -2.11. The molecule has 3 nitrogen and oxygen atoms in total. The molecule has 0 aliphatic carbocycles. The van der Waals surface area contributed by atoms with E-state index in [0.29, 0.717) is 41.4 Å².